The summed E-state index contributed by atoms with van der Waals surface area (Å²) in [6, 6.07) is 1.29. The number of alkyl halides is 4. The van der Waals surface area contributed by atoms with Crippen molar-refractivity contribution in [2.75, 3.05) is 50.8 Å². The number of anilines is 1. The maximum Gasteiger partial charge on any atom is 0.445 e. The number of pyridine rings is 1. The Bertz CT molecular complexity index is 1600. The standard InChI is InChI=1S/C25H30F4N8O3S2/c1-24(4-5-24)33-42(39,40)16-13-18(19-14-30-20(37(19)15-16)21-31-32-23(41-21)25(27,28)29)35-9-11-36(12-10-35)22(38)17-3-8-34(17)7-2-6-26/h13-15,17,33H,2-12H2,1H3/t17-/m1/s1. The molecule has 1 saturated carbocycles. The predicted molar refractivity (Wildman–Crippen MR) is 146 cm³/mol. The quantitative estimate of drug-likeness (QED) is 0.359. The first-order chi connectivity index (χ1) is 19.9. The van der Waals surface area contributed by atoms with Crippen molar-refractivity contribution < 1.29 is 30.8 Å². The number of fused-ring (bicyclic) bond motifs is 1. The van der Waals surface area contributed by atoms with Crippen LogP contribution in [-0.4, -0.2) is 101 Å². The molecule has 1 atom stereocenters. The van der Waals surface area contributed by atoms with Gasteiger partial charge in [-0.05, 0) is 38.7 Å². The van der Waals surface area contributed by atoms with Crippen LogP contribution >= 0.6 is 11.3 Å². The number of nitrogens with zero attached hydrogens (tertiary/aromatic N) is 7. The Morgan fingerprint density at radius 1 is 1.17 bits per heavy atom. The van der Waals surface area contributed by atoms with Gasteiger partial charge in [-0.2, -0.15) is 13.2 Å². The van der Waals surface area contributed by atoms with Crippen LogP contribution in [0.3, 0.4) is 0 Å². The molecule has 1 aliphatic carbocycles. The fourth-order valence-electron chi connectivity index (χ4n) is 5.34. The fraction of sp³-hybridized carbons (Fsp3) is 0.600. The van der Waals surface area contributed by atoms with Gasteiger partial charge in [-0.25, -0.2) is 18.1 Å². The number of amides is 1. The predicted octanol–water partition coefficient (Wildman–Crippen LogP) is 2.78. The number of imidazole rings is 1. The highest BCUT2D eigenvalue weighted by Gasteiger charge is 2.42. The van der Waals surface area contributed by atoms with E-state index in [0.717, 1.165) is 13.0 Å². The molecule has 0 unspecified atom stereocenters. The molecule has 1 amide bonds. The van der Waals surface area contributed by atoms with E-state index >= 15 is 0 Å². The summed E-state index contributed by atoms with van der Waals surface area (Å²) >= 11 is 0.328. The molecular weight excluding hydrogens is 600 g/mol. The van der Waals surface area contributed by atoms with Gasteiger partial charge in [0.25, 0.3) is 0 Å². The lowest BCUT2D eigenvalue weighted by Gasteiger charge is -2.44. The second kappa shape index (κ2) is 10.7. The molecule has 3 aromatic heterocycles. The van der Waals surface area contributed by atoms with Crippen LogP contribution in [0.4, 0.5) is 23.2 Å². The highest BCUT2D eigenvalue weighted by Crippen LogP contribution is 2.38. The van der Waals surface area contributed by atoms with Gasteiger partial charge in [-0.1, -0.05) is 11.3 Å². The number of nitrogens with one attached hydrogen (secondary N) is 1. The number of hydrogen-bond acceptors (Lipinski definition) is 9. The Morgan fingerprint density at radius 2 is 1.90 bits per heavy atom. The van der Waals surface area contributed by atoms with E-state index in [1.54, 1.807) is 4.90 Å². The van der Waals surface area contributed by atoms with Gasteiger partial charge in [0.2, 0.25) is 20.9 Å². The molecule has 5 heterocycles. The Balaban J connectivity index is 1.30. The van der Waals surface area contributed by atoms with Crippen LogP contribution in [0.2, 0.25) is 0 Å². The molecule has 6 rings (SSSR count). The molecule has 1 N–H and O–H groups in total. The third kappa shape index (κ3) is 5.58. The Morgan fingerprint density at radius 3 is 2.50 bits per heavy atom. The molecule has 3 fully saturated rings. The van der Waals surface area contributed by atoms with Crippen LogP contribution in [0.1, 0.15) is 37.6 Å². The van der Waals surface area contributed by atoms with Gasteiger partial charge in [0, 0.05) is 51.0 Å². The zero-order valence-electron chi connectivity index (χ0n) is 22.8. The summed E-state index contributed by atoms with van der Waals surface area (Å²) in [6.07, 6.45) is 0.663. The second-order valence-electron chi connectivity index (χ2n) is 11.2. The van der Waals surface area contributed by atoms with E-state index in [9.17, 15) is 30.8 Å². The maximum absolute atomic E-state index is 13.4. The summed E-state index contributed by atoms with van der Waals surface area (Å²) in [5.41, 5.74) is 0.470. The molecule has 17 heteroatoms. The number of piperazine rings is 1. The van der Waals surface area contributed by atoms with Gasteiger partial charge < -0.3 is 9.80 Å². The Hall–Kier alpha value is -2.89. The van der Waals surface area contributed by atoms with Crippen LogP contribution in [0.15, 0.2) is 23.4 Å². The summed E-state index contributed by atoms with van der Waals surface area (Å²) in [7, 11) is -3.98. The van der Waals surface area contributed by atoms with Gasteiger partial charge in [-0.3, -0.25) is 18.5 Å². The van der Waals surface area contributed by atoms with Crippen molar-refractivity contribution >= 4 is 38.5 Å². The average molecular weight is 631 g/mol. The van der Waals surface area contributed by atoms with Crippen LogP contribution in [-0.2, 0) is 21.0 Å². The van der Waals surface area contributed by atoms with Crippen molar-refractivity contribution in [1.29, 1.82) is 0 Å². The molecule has 42 heavy (non-hydrogen) atoms. The largest absolute Gasteiger partial charge is 0.445 e. The average Bonchev–Trinajstić information content (AvgIpc) is 3.30. The van der Waals surface area contributed by atoms with E-state index in [1.807, 2.05) is 16.7 Å². The molecule has 0 radical (unpaired) electrons. The number of carbonyl (C=O) groups is 1. The van der Waals surface area contributed by atoms with Gasteiger partial charge in [0.05, 0.1) is 30.1 Å². The molecule has 2 aliphatic heterocycles. The summed E-state index contributed by atoms with van der Waals surface area (Å²) in [5.74, 6) is 0.0487. The zero-order chi connectivity index (χ0) is 29.9. The minimum atomic E-state index is -4.67. The van der Waals surface area contributed by atoms with Gasteiger partial charge >= 0.3 is 6.18 Å². The first-order valence-electron chi connectivity index (χ1n) is 13.7. The first kappa shape index (κ1) is 29.2. The molecule has 228 valence electrons. The minimum absolute atomic E-state index is 0.00601. The monoisotopic (exact) mass is 630 g/mol. The lowest BCUT2D eigenvalue weighted by Crippen LogP contribution is -2.60. The molecular formula is C25H30F4N8O3S2. The topological polar surface area (TPSA) is 116 Å². The number of sulfonamides is 1. The molecule has 3 aromatic rings. The third-order valence-electron chi connectivity index (χ3n) is 8.07. The van der Waals surface area contributed by atoms with Gasteiger partial charge in [0.1, 0.15) is 4.90 Å². The number of rotatable bonds is 9. The van der Waals surface area contributed by atoms with Crippen molar-refractivity contribution in [3.8, 4) is 10.8 Å². The SMILES string of the molecule is CC1(NS(=O)(=O)c2cc(N3CCN(C(=O)[C@H]4CCN4CCCF)CC3)c3cnc(-c4nnc(C(F)(F)F)s4)n3c2)CC1. The Kier molecular flexibility index (Phi) is 7.42. The normalized spacial score (nSPS) is 21.1. The summed E-state index contributed by atoms with van der Waals surface area (Å²) in [5, 5.41) is 5.71. The highest BCUT2D eigenvalue weighted by molar-refractivity contribution is 7.89. The molecule has 0 spiro atoms. The molecule has 2 saturated heterocycles. The summed E-state index contributed by atoms with van der Waals surface area (Å²) in [4.78, 5) is 23.1. The van der Waals surface area contributed by atoms with E-state index in [1.165, 1.54) is 22.9 Å². The summed E-state index contributed by atoms with van der Waals surface area (Å²) < 4.78 is 83.3. The minimum Gasteiger partial charge on any atom is -0.366 e. The molecule has 3 aliphatic rings. The second-order valence-corrected chi connectivity index (χ2v) is 13.8. The lowest BCUT2D eigenvalue weighted by molar-refractivity contribution is -0.142. The van der Waals surface area contributed by atoms with Crippen molar-refractivity contribution in [2.24, 2.45) is 0 Å². The number of likely N-dealkylation sites (tertiary alicyclic amines) is 1. The molecule has 0 aromatic carbocycles. The molecule has 11 nitrogen and oxygen atoms in total. The highest BCUT2D eigenvalue weighted by atomic mass is 32.2. The van der Waals surface area contributed by atoms with Crippen molar-refractivity contribution in [3.05, 3.63) is 23.5 Å². The number of hydrogen-bond donors (Lipinski definition) is 1. The van der Waals surface area contributed by atoms with Crippen LogP contribution < -0.4 is 9.62 Å². The van der Waals surface area contributed by atoms with Crippen LogP contribution in [0.25, 0.3) is 16.3 Å². The first-order valence-corrected chi connectivity index (χ1v) is 16.0. The number of carbonyl (C=O) groups excluding carboxylic acids is 1. The van der Waals surface area contributed by atoms with Crippen molar-refractivity contribution in [2.45, 2.75) is 55.3 Å². The third-order valence-corrected chi connectivity index (χ3v) is 10.6. The lowest BCUT2D eigenvalue weighted by atomic mass is 10.0. The maximum atomic E-state index is 13.4. The van der Waals surface area contributed by atoms with E-state index in [-0.39, 0.29) is 27.7 Å². The molecule has 0 bridgehead atoms. The van der Waals surface area contributed by atoms with E-state index in [4.69, 9.17) is 0 Å². The fourth-order valence-corrected chi connectivity index (χ4v) is 7.53. The van der Waals surface area contributed by atoms with E-state index in [0.29, 0.717) is 74.5 Å². The van der Waals surface area contributed by atoms with E-state index in [2.05, 4.69) is 19.9 Å². The van der Waals surface area contributed by atoms with Crippen molar-refractivity contribution in [3.63, 3.8) is 0 Å². The van der Waals surface area contributed by atoms with Gasteiger partial charge in [-0.15, -0.1) is 10.2 Å². The smallest absolute Gasteiger partial charge is 0.366 e. The van der Waals surface area contributed by atoms with Crippen LogP contribution in [0, 0.1) is 0 Å². The van der Waals surface area contributed by atoms with Gasteiger partial charge in [0.15, 0.2) is 10.8 Å². The van der Waals surface area contributed by atoms with E-state index < -0.39 is 33.4 Å². The van der Waals surface area contributed by atoms with Crippen molar-refractivity contribution in [1.82, 2.24) is 34.1 Å². The number of aromatic nitrogens is 4. The summed E-state index contributed by atoms with van der Waals surface area (Å²) in [6.45, 7) is 4.31. The van der Waals surface area contributed by atoms with Crippen LogP contribution in [0.5, 0.6) is 0 Å². The number of halogens is 4. The zero-order valence-corrected chi connectivity index (χ0v) is 24.4. The Labute approximate surface area is 243 Å².